The molecule has 6 nitrogen and oxygen atoms in total. The maximum atomic E-state index is 12.1. The molecule has 2 heterocycles. The average molecular weight is 331 g/mol. The van der Waals surface area contributed by atoms with E-state index in [2.05, 4.69) is 15.3 Å². The topological polar surface area (TPSA) is 92.2 Å². The Morgan fingerprint density at radius 3 is 3.00 bits per heavy atom. The van der Waals surface area contributed by atoms with Crippen LogP contribution in [0, 0.1) is 5.92 Å². The predicted octanol–water partition coefficient (Wildman–Crippen LogP) is 2.12. The van der Waals surface area contributed by atoms with Gasteiger partial charge in [-0.3, -0.25) is 14.6 Å². The number of hydrogen-bond acceptors (Lipinski definition) is 5. The van der Waals surface area contributed by atoms with Gasteiger partial charge in [0, 0.05) is 29.4 Å². The monoisotopic (exact) mass is 331 g/mol. The Morgan fingerprint density at radius 1 is 1.39 bits per heavy atom. The Morgan fingerprint density at radius 2 is 2.26 bits per heavy atom. The zero-order valence-corrected chi connectivity index (χ0v) is 13.3. The molecule has 7 heteroatoms. The van der Waals surface area contributed by atoms with Crippen molar-refractivity contribution in [3.05, 3.63) is 35.6 Å². The zero-order valence-electron chi connectivity index (χ0n) is 12.4. The summed E-state index contributed by atoms with van der Waals surface area (Å²) in [6.07, 6.45) is 5.79. The van der Waals surface area contributed by atoms with E-state index in [4.69, 9.17) is 5.11 Å². The van der Waals surface area contributed by atoms with Crippen LogP contribution in [0.15, 0.2) is 29.9 Å². The van der Waals surface area contributed by atoms with E-state index in [1.807, 2.05) is 17.5 Å². The van der Waals surface area contributed by atoms with Crippen LogP contribution in [0.3, 0.4) is 0 Å². The van der Waals surface area contributed by atoms with Gasteiger partial charge in [0.2, 0.25) is 5.91 Å². The third kappa shape index (κ3) is 3.73. The molecule has 0 aliphatic heterocycles. The number of amides is 1. The van der Waals surface area contributed by atoms with Gasteiger partial charge in [-0.25, -0.2) is 4.98 Å². The fourth-order valence-corrected chi connectivity index (χ4v) is 3.67. The molecule has 1 aliphatic rings. The van der Waals surface area contributed by atoms with Crippen molar-refractivity contribution in [2.45, 2.75) is 31.7 Å². The fourth-order valence-electron chi connectivity index (χ4n) is 2.86. The second-order valence-corrected chi connectivity index (χ2v) is 6.47. The number of pyridine rings is 1. The number of carboxylic acids is 1. The van der Waals surface area contributed by atoms with Gasteiger partial charge < -0.3 is 10.4 Å². The Balaban J connectivity index is 1.60. The lowest BCUT2D eigenvalue weighted by Crippen LogP contribution is -2.40. The Labute approximate surface area is 137 Å². The lowest BCUT2D eigenvalue weighted by atomic mass is 10.0. The molecule has 1 amide bonds. The van der Waals surface area contributed by atoms with E-state index >= 15 is 0 Å². The van der Waals surface area contributed by atoms with Crippen LogP contribution in [-0.4, -0.2) is 33.0 Å². The van der Waals surface area contributed by atoms with Gasteiger partial charge in [0.15, 0.2) is 0 Å². The molecule has 2 aromatic rings. The van der Waals surface area contributed by atoms with Crippen molar-refractivity contribution >= 4 is 23.2 Å². The molecule has 0 bridgehead atoms. The van der Waals surface area contributed by atoms with Gasteiger partial charge in [0.25, 0.3) is 0 Å². The molecular weight excluding hydrogens is 314 g/mol. The van der Waals surface area contributed by atoms with Crippen LogP contribution in [0.4, 0.5) is 0 Å². The number of carbonyl (C=O) groups excluding carboxylic acids is 1. The molecule has 0 spiro atoms. The number of carbonyl (C=O) groups is 2. The predicted molar refractivity (Wildman–Crippen MR) is 86.0 cm³/mol. The van der Waals surface area contributed by atoms with Crippen LogP contribution >= 0.6 is 11.3 Å². The van der Waals surface area contributed by atoms with Crippen molar-refractivity contribution in [3.63, 3.8) is 0 Å². The maximum Gasteiger partial charge on any atom is 0.308 e. The van der Waals surface area contributed by atoms with E-state index in [0.29, 0.717) is 12.1 Å². The number of carboxylic acid groups (broad SMARTS) is 1. The molecular formula is C16H17N3O3S. The van der Waals surface area contributed by atoms with E-state index in [0.717, 1.165) is 23.4 Å². The summed E-state index contributed by atoms with van der Waals surface area (Å²) in [6.45, 7) is 0. The lowest BCUT2D eigenvalue weighted by molar-refractivity contribution is -0.142. The van der Waals surface area contributed by atoms with Crippen molar-refractivity contribution in [2.75, 3.05) is 0 Å². The molecule has 0 saturated heterocycles. The second-order valence-electron chi connectivity index (χ2n) is 5.61. The number of thiazole rings is 1. The summed E-state index contributed by atoms with van der Waals surface area (Å²) >= 11 is 1.47. The number of rotatable bonds is 5. The average Bonchev–Trinajstić information content (AvgIpc) is 3.17. The Bertz CT molecular complexity index is 702. The van der Waals surface area contributed by atoms with Gasteiger partial charge in [0.1, 0.15) is 5.01 Å². The van der Waals surface area contributed by atoms with Crippen LogP contribution in [-0.2, 0) is 16.0 Å². The van der Waals surface area contributed by atoms with E-state index in [1.54, 1.807) is 12.4 Å². The second kappa shape index (κ2) is 6.87. The third-order valence-electron chi connectivity index (χ3n) is 3.98. The molecule has 120 valence electrons. The molecule has 2 N–H and O–H groups in total. The van der Waals surface area contributed by atoms with Gasteiger partial charge in [-0.1, -0.05) is 6.42 Å². The zero-order chi connectivity index (χ0) is 16.2. The largest absolute Gasteiger partial charge is 0.481 e. The minimum absolute atomic E-state index is 0.166. The van der Waals surface area contributed by atoms with Crippen molar-refractivity contribution in [1.29, 1.82) is 0 Å². The normalized spacial score (nSPS) is 20.3. The SMILES string of the molecule is O=C(Cc1csc(-c2cccnc2)n1)N[C@H]1CCC[C@H]1C(=O)O. The van der Waals surface area contributed by atoms with Gasteiger partial charge in [-0.15, -0.1) is 11.3 Å². The van der Waals surface area contributed by atoms with Gasteiger partial charge in [0.05, 0.1) is 18.0 Å². The molecule has 2 atom stereocenters. The molecule has 1 saturated carbocycles. The first-order valence-electron chi connectivity index (χ1n) is 7.50. The third-order valence-corrected chi connectivity index (χ3v) is 4.92. The molecule has 0 radical (unpaired) electrons. The maximum absolute atomic E-state index is 12.1. The van der Waals surface area contributed by atoms with Crippen LogP contribution in [0.2, 0.25) is 0 Å². The highest BCUT2D eigenvalue weighted by atomic mass is 32.1. The Kier molecular flexibility index (Phi) is 4.66. The quantitative estimate of drug-likeness (QED) is 0.875. The van der Waals surface area contributed by atoms with Crippen LogP contribution in [0.5, 0.6) is 0 Å². The molecule has 2 aromatic heterocycles. The highest BCUT2D eigenvalue weighted by molar-refractivity contribution is 7.13. The van der Waals surface area contributed by atoms with Crippen molar-refractivity contribution in [1.82, 2.24) is 15.3 Å². The van der Waals surface area contributed by atoms with Crippen molar-refractivity contribution in [3.8, 4) is 10.6 Å². The van der Waals surface area contributed by atoms with Gasteiger partial charge >= 0.3 is 5.97 Å². The number of nitrogens with one attached hydrogen (secondary N) is 1. The van der Waals surface area contributed by atoms with Gasteiger partial charge in [-0.2, -0.15) is 0 Å². The molecule has 3 rings (SSSR count). The summed E-state index contributed by atoms with van der Waals surface area (Å²) in [5, 5.41) is 14.7. The first-order valence-corrected chi connectivity index (χ1v) is 8.38. The highest BCUT2D eigenvalue weighted by Gasteiger charge is 2.33. The molecule has 1 aliphatic carbocycles. The van der Waals surface area contributed by atoms with Crippen LogP contribution in [0.25, 0.3) is 10.6 Å². The summed E-state index contributed by atoms with van der Waals surface area (Å²) in [7, 11) is 0. The number of hydrogen-bond donors (Lipinski definition) is 2. The van der Waals surface area contributed by atoms with Crippen LogP contribution < -0.4 is 5.32 Å². The summed E-state index contributed by atoms with van der Waals surface area (Å²) in [4.78, 5) is 31.8. The summed E-state index contributed by atoms with van der Waals surface area (Å²) < 4.78 is 0. The van der Waals surface area contributed by atoms with Crippen molar-refractivity contribution < 1.29 is 14.7 Å². The minimum Gasteiger partial charge on any atom is -0.481 e. The summed E-state index contributed by atoms with van der Waals surface area (Å²) in [6, 6.07) is 3.50. The van der Waals surface area contributed by atoms with E-state index in [-0.39, 0.29) is 18.4 Å². The Hall–Kier alpha value is -2.28. The van der Waals surface area contributed by atoms with Crippen molar-refractivity contribution in [2.24, 2.45) is 5.92 Å². The van der Waals surface area contributed by atoms with E-state index in [1.165, 1.54) is 11.3 Å². The highest BCUT2D eigenvalue weighted by Crippen LogP contribution is 2.26. The minimum atomic E-state index is -0.833. The van der Waals surface area contributed by atoms with E-state index in [9.17, 15) is 9.59 Å². The van der Waals surface area contributed by atoms with Gasteiger partial charge in [-0.05, 0) is 25.0 Å². The smallest absolute Gasteiger partial charge is 0.308 e. The fraction of sp³-hybridized carbons (Fsp3) is 0.375. The number of nitrogens with zero attached hydrogens (tertiary/aromatic N) is 2. The number of aliphatic carboxylic acids is 1. The lowest BCUT2D eigenvalue weighted by Gasteiger charge is -2.17. The molecule has 0 aromatic carbocycles. The van der Waals surface area contributed by atoms with E-state index < -0.39 is 11.9 Å². The standard InChI is InChI=1S/C16H17N3O3S/c20-14(19-13-5-1-4-12(13)16(21)22)7-11-9-23-15(18-11)10-3-2-6-17-8-10/h2-3,6,8-9,12-13H,1,4-5,7H2,(H,19,20)(H,21,22)/t12-,13+/m1/s1. The molecule has 1 fully saturated rings. The summed E-state index contributed by atoms with van der Waals surface area (Å²) in [5.41, 5.74) is 1.61. The number of aromatic nitrogens is 2. The van der Waals surface area contributed by atoms with Crippen LogP contribution in [0.1, 0.15) is 25.0 Å². The first kappa shape index (κ1) is 15.6. The summed E-state index contributed by atoms with van der Waals surface area (Å²) in [5.74, 6) is -1.48. The molecule has 23 heavy (non-hydrogen) atoms. The molecule has 0 unspecified atom stereocenters. The first-order chi connectivity index (χ1) is 11.1.